The fourth-order valence-electron chi connectivity index (χ4n) is 2.22. The van der Waals surface area contributed by atoms with Crippen LogP contribution in [0.5, 0.6) is 5.75 Å². The molecule has 1 N–H and O–H groups in total. The van der Waals surface area contributed by atoms with Crippen LogP contribution >= 0.6 is 15.9 Å². The molecule has 1 heterocycles. The summed E-state index contributed by atoms with van der Waals surface area (Å²) in [5, 5.41) is 18.9. The van der Waals surface area contributed by atoms with Gasteiger partial charge in [0.15, 0.2) is 0 Å². The first-order valence-corrected chi connectivity index (χ1v) is 6.60. The molecule has 0 unspecified atom stereocenters. The smallest absolute Gasteiger partial charge is 0.133 e. The van der Waals surface area contributed by atoms with E-state index in [0.717, 1.165) is 5.69 Å². The molecule has 0 aliphatic heterocycles. The summed E-state index contributed by atoms with van der Waals surface area (Å²) >= 11 is 3.36. The summed E-state index contributed by atoms with van der Waals surface area (Å²) in [6.45, 7) is 0. The van der Waals surface area contributed by atoms with Gasteiger partial charge in [0.25, 0.3) is 0 Å². The third-order valence-electron chi connectivity index (χ3n) is 3.10. The van der Waals surface area contributed by atoms with E-state index in [2.05, 4.69) is 15.9 Å². The number of nitriles is 1. The Labute approximate surface area is 122 Å². The number of fused-ring (bicyclic) bond motifs is 1. The van der Waals surface area contributed by atoms with Gasteiger partial charge in [-0.15, -0.1) is 0 Å². The summed E-state index contributed by atoms with van der Waals surface area (Å²) in [6, 6.07) is 13.2. The maximum atomic E-state index is 14.0. The standard InChI is InChI=1S/C15H8BrFN2O/c16-15-11(8-18)14-12(17)2-1-3-13(14)19(15)9-4-6-10(20)7-5-9/h1-7,20H. The lowest BCUT2D eigenvalue weighted by atomic mass is 10.2. The summed E-state index contributed by atoms with van der Waals surface area (Å²) in [4.78, 5) is 0. The Kier molecular flexibility index (Phi) is 2.96. The second-order valence-corrected chi connectivity index (χ2v) is 5.01. The molecule has 3 aromatic rings. The van der Waals surface area contributed by atoms with Gasteiger partial charge in [0, 0.05) is 5.69 Å². The number of aromatic nitrogens is 1. The molecule has 0 aliphatic rings. The molecule has 0 amide bonds. The highest BCUT2D eigenvalue weighted by atomic mass is 79.9. The summed E-state index contributed by atoms with van der Waals surface area (Å²) < 4.78 is 16.2. The molecule has 1 aromatic heterocycles. The molecule has 3 nitrogen and oxygen atoms in total. The minimum Gasteiger partial charge on any atom is -0.508 e. The molecule has 0 spiro atoms. The van der Waals surface area contributed by atoms with Crippen LogP contribution in [0.15, 0.2) is 47.1 Å². The third kappa shape index (κ3) is 1.77. The summed E-state index contributed by atoms with van der Waals surface area (Å²) in [5.41, 5.74) is 1.58. The van der Waals surface area contributed by atoms with E-state index in [0.29, 0.717) is 10.1 Å². The van der Waals surface area contributed by atoms with E-state index in [-0.39, 0.29) is 16.7 Å². The van der Waals surface area contributed by atoms with Crippen molar-refractivity contribution in [2.24, 2.45) is 0 Å². The van der Waals surface area contributed by atoms with Gasteiger partial charge in [-0.2, -0.15) is 5.26 Å². The van der Waals surface area contributed by atoms with Gasteiger partial charge >= 0.3 is 0 Å². The highest BCUT2D eigenvalue weighted by Crippen LogP contribution is 2.34. The lowest BCUT2D eigenvalue weighted by Gasteiger charge is -2.07. The van der Waals surface area contributed by atoms with Gasteiger partial charge in [0.1, 0.15) is 22.2 Å². The number of benzene rings is 2. The van der Waals surface area contributed by atoms with Gasteiger partial charge in [-0.05, 0) is 52.3 Å². The lowest BCUT2D eigenvalue weighted by Crippen LogP contribution is -1.93. The summed E-state index contributed by atoms with van der Waals surface area (Å²) in [6.07, 6.45) is 0. The average molecular weight is 331 g/mol. The monoisotopic (exact) mass is 330 g/mol. The highest BCUT2D eigenvalue weighted by Gasteiger charge is 2.19. The number of phenols is 1. The van der Waals surface area contributed by atoms with Crippen LogP contribution < -0.4 is 0 Å². The maximum absolute atomic E-state index is 14.0. The molecule has 0 aliphatic carbocycles. The molecule has 0 bridgehead atoms. The minimum absolute atomic E-state index is 0.146. The van der Waals surface area contributed by atoms with Gasteiger partial charge in [-0.3, -0.25) is 0 Å². The SMILES string of the molecule is N#Cc1c(Br)n(-c2ccc(O)cc2)c2cccc(F)c12. The van der Waals surface area contributed by atoms with E-state index in [1.165, 1.54) is 6.07 Å². The van der Waals surface area contributed by atoms with Gasteiger partial charge in [-0.25, -0.2) is 4.39 Å². The topological polar surface area (TPSA) is 49.0 Å². The number of nitrogens with zero attached hydrogens (tertiary/aromatic N) is 2. The fourth-order valence-corrected chi connectivity index (χ4v) is 2.91. The molecule has 0 radical (unpaired) electrons. The Morgan fingerprint density at radius 2 is 1.85 bits per heavy atom. The molecule has 98 valence electrons. The van der Waals surface area contributed by atoms with Crippen LogP contribution in [-0.4, -0.2) is 9.67 Å². The molecular weight excluding hydrogens is 323 g/mol. The first-order valence-electron chi connectivity index (χ1n) is 5.81. The van der Waals surface area contributed by atoms with Crippen molar-refractivity contribution in [1.82, 2.24) is 4.57 Å². The van der Waals surface area contributed by atoms with Crippen molar-refractivity contribution in [2.75, 3.05) is 0 Å². The molecule has 0 saturated carbocycles. The van der Waals surface area contributed by atoms with Crippen molar-refractivity contribution >= 4 is 26.8 Å². The van der Waals surface area contributed by atoms with Crippen molar-refractivity contribution < 1.29 is 9.50 Å². The Hall–Kier alpha value is -2.32. The largest absolute Gasteiger partial charge is 0.508 e. The molecule has 0 saturated heterocycles. The minimum atomic E-state index is -0.433. The van der Waals surface area contributed by atoms with Crippen molar-refractivity contribution in [3.63, 3.8) is 0 Å². The van der Waals surface area contributed by atoms with Crippen LogP contribution in [0.3, 0.4) is 0 Å². The number of aromatic hydroxyl groups is 1. The summed E-state index contributed by atoms with van der Waals surface area (Å²) in [5.74, 6) is -0.287. The Bertz CT molecular complexity index is 847. The van der Waals surface area contributed by atoms with Crippen LogP contribution in [0, 0.1) is 17.1 Å². The quantitative estimate of drug-likeness (QED) is 0.729. The predicted octanol–water partition coefficient (Wildman–Crippen LogP) is 4.11. The Balaban J connectivity index is 2.43. The zero-order valence-corrected chi connectivity index (χ0v) is 11.7. The molecule has 0 atom stereocenters. The fraction of sp³-hybridized carbons (Fsp3) is 0. The van der Waals surface area contributed by atoms with Crippen LogP contribution in [-0.2, 0) is 0 Å². The molecule has 20 heavy (non-hydrogen) atoms. The average Bonchev–Trinajstić information content (AvgIpc) is 2.73. The van der Waals surface area contributed by atoms with Gasteiger partial charge in [0.05, 0.1) is 16.5 Å². The lowest BCUT2D eigenvalue weighted by molar-refractivity contribution is 0.475. The van der Waals surface area contributed by atoms with E-state index in [9.17, 15) is 14.8 Å². The zero-order chi connectivity index (χ0) is 14.3. The van der Waals surface area contributed by atoms with Gasteiger partial charge < -0.3 is 9.67 Å². The zero-order valence-electron chi connectivity index (χ0n) is 10.1. The molecule has 3 rings (SSSR count). The molecule has 2 aromatic carbocycles. The van der Waals surface area contributed by atoms with Gasteiger partial charge in [0.2, 0.25) is 0 Å². The van der Waals surface area contributed by atoms with Crippen molar-refractivity contribution in [3.8, 4) is 17.5 Å². The number of phenolic OH excluding ortho intramolecular Hbond substituents is 1. The second-order valence-electron chi connectivity index (χ2n) is 4.26. The van der Waals surface area contributed by atoms with E-state index in [1.807, 2.05) is 6.07 Å². The first kappa shape index (κ1) is 12.7. The number of hydrogen-bond acceptors (Lipinski definition) is 2. The number of rotatable bonds is 1. The van der Waals surface area contributed by atoms with Crippen LogP contribution in [0.4, 0.5) is 4.39 Å². The van der Waals surface area contributed by atoms with Gasteiger partial charge in [-0.1, -0.05) is 6.07 Å². The van der Waals surface area contributed by atoms with Crippen molar-refractivity contribution in [1.29, 1.82) is 5.26 Å². The van der Waals surface area contributed by atoms with Crippen molar-refractivity contribution in [3.05, 3.63) is 58.4 Å². The molecule has 0 fully saturated rings. The number of halogens is 2. The second kappa shape index (κ2) is 4.66. The van der Waals surface area contributed by atoms with E-state index < -0.39 is 5.82 Å². The van der Waals surface area contributed by atoms with E-state index in [4.69, 9.17) is 0 Å². The van der Waals surface area contributed by atoms with E-state index in [1.54, 1.807) is 41.0 Å². The van der Waals surface area contributed by atoms with Crippen LogP contribution in [0.2, 0.25) is 0 Å². The van der Waals surface area contributed by atoms with E-state index >= 15 is 0 Å². The van der Waals surface area contributed by atoms with Crippen LogP contribution in [0.1, 0.15) is 5.56 Å². The number of hydrogen-bond donors (Lipinski definition) is 1. The summed E-state index contributed by atoms with van der Waals surface area (Å²) in [7, 11) is 0. The Morgan fingerprint density at radius 1 is 1.15 bits per heavy atom. The molecular formula is C15H8BrFN2O. The highest BCUT2D eigenvalue weighted by molar-refractivity contribution is 9.10. The maximum Gasteiger partial charge on any atom is 0.133 e. The van der Waals surface area contributed by atoms with Crippen molar-refractivity contribution in [2.45, 2.75) is 0 Å². The third-order valence-corrected chi connectivity index (χ3v) is 3.86. The normalized spacial score (nSPS) is 10.7. The first-order chi connectivity index (χ1) is 9.63. The van der Waals surface area contributed by atoms with Crippen LogP contribution in [0.25, 0.3) is 16.6 Å². The predicted molar refractivity (Wildman–Crippen MR) is 77.3 cm³/mol. The molecule has 5 heteroatoms. The Morgan fingerprint density at radius 3 is 2.50 bits per heavy atom.